The smallest absolute Gasteiger partial charge is 0.135 e. The van der Waals surface area contributed by atoms with Gasteiger partial charge in [0.2, 0.25) is 0 Å². The lowest BCUT2D eigenvalue weighted by atomic mass is 10.2. The molecule has 1 unspecified atom stereocenters. The molecule has 6 heteroatoms. The minimum Gasteiger partial charge on any atom is -0.370 e. The highest BCUT2D eigenvalue weighted by Crippen LogP contribution is 2.16. The molecule has 0 saturated heterocycles. The van der Waals surface area contributed by atoms with E-state index in [0.29, 0.717) is 5.92 Å². The van der Waals surface area contributed by atoms with E-state index >= 15 is 0 Å². The fourth-order valence-corrected chi connectivity index (χ4v) is 2.13. The number of rotatable bonds is 8. The number of nitrogens with one attached hydrogen (secondary N) is 2. The van der Waals surface area contributed by atoms with Crippen molar-refractivity contribution in [3.8, 4) is 0 Å². The second kappa shape index (κ2) is 8.09. The third kappa shape index (κ3) is 6.00. The molecule has 1 atom stereocenters. The summed E-state index contributed by atoms with van der Waals surface area (Å²) in [4.78, 5) is 8.96. The Labute approximate surface area is 118 Å². The second-order valence-electron chi connectivity index (χ2n) is 4.74. The lowest BCUT2D eigenvalue weighted by molar-refractivity contribution is 0.685. The lowest BCUT2D eigenvalue weighted by Crippen LogP contribution is -2.11. The number of hydrogen-bond donors (Lipinski definition) is 2. The molecule has 1 aromatic heterocycles. The molecule has 108 valence electrons. The predicted octanol–water partition coefficient (Wildman–Crippen LogP) is 2.21. The average Bonchev–Trinajstić information content (AvgIpc) is 2.34. The normalized spacial score (nSPS) is 12.5. The summed E-state index contributed by atoms with van der Waals surface area (Å²) in [6.07, 6.45) is 2.60. The predicted molar refractivity (Wildman–Crippen MR) is 82.3 cm³/mol. The number of nitrogens with zero attached hydrogens (tertiary/aromatic N) is 2. The maximum atomic E-state index is 11.0. The van der Waals surface area contributed by atoms with Crippen molar-refractivity contribution in [2.45, 2.75) is 33.1 Å². The molecular weight excluding hydrogens is 260 g/mol. The van der Waals surface area contributed by atoms with Gasteiger partial charge in [-0.2, -0.15) is 0 Å². The molecule has 0 fully saturated rings. The first-order chi connectivity index (χ1) is 9.02. The molecule has 0 aliphatic rings. The largest absolute Gasteiger partial charge is 0.370 e. The zero-order chi connectivity index (χ0) is 14.3. The first-order valence-corrected chi connectivity index (χ1v) is 8.42. The minimum absolute atomic E-state index is 0.294. The third-order valence-electron chi connectivity index (χ3n) is 2.53. The summed E-state index contributed by atoms with van der Waals surface area (Å²) in [5.41, 5.74) is 0. The molecular formula is C13H24N4OS. The molecule has 0 radical (unpaired) electrons. The molecule has 1 heterocycles. The Morgan fingerprint density at radius 1 is 1.26 bits per heavy atom. The molecule has 0 saturated carbocycles. The number of aromatic nitrogens is 2. The van der Waals surface area contributed by atoms with Crippen molar-refractivity contribution in [1.29, 1.82) is 0 Å². The first-order valence-electron chi connectivity index (χ1n) is 6.69. The van der Waals surface area contributed by atoms with Crippen molar-refractivity contribution in [3.63, 3.8) is 0 Å². The van der Waals surface area contributed by atoms with Gasteiger partial charge in [0.1, 0.15) is 17.5 Å². The van der Waals surface area contributed by atoms with Crippen molar-refractivity contribution in [2.75, 3.05) is 35.7 Å². The zero-order valence-electron chi connectivity index (χ0n) is 12.2. The molecule has 5 nitrogen and oxygen atoms in total. The Kier molecular flexibility index (Phi) is 6.77. The summed E-state index contributed by atoms with van der Waals surface area (Å²) < 4.78 is 11.0. The molecule has 0 aliphatic heterocycles. The van der Waals surface area contributed by atoms with Crippen LogP contribution in [-0.2, 0) is 10.8 Å². The van der Waals surface area contributed by atoms with Crippen molar-refractivity contribution >= 4 is 22.4 Å². The summed E-state index contributed by atoms with van der Waals surface area (Å²) in [7, 11) is -0.728. The van der Waals surface area contributed by atoms with Gasteiger partial charge in [-0.25, -0.2) is 9.97 Å². The SMILES string of the molecule is CCNc1cc(NCCCS(C)=O)nc(C(C)C)n1. The summed E-state index contributed by atoms with van der Waals surface area (Å²) in [6, 6.07) is 1.91. The van der Waals surface area contributed by atoms with Crippen molar-refractivity contribution in [1.82, 2.24) is 9.97 Å². The topological polar surface area (TPSA) is 66.9 Å². The fourth-order valence-electron chi connectivity index (χ4n) is 1.58. The molecule has 1 rings (SSSR count). The molecule has 19 heavy (non-hydrogen) atoms. The van der Waals surface area contributed by atoms with Crippen molar-refractivity contribution in [3.05, 3.63) is 11.9 Å². The van der Waals surface area contributed by atoms with E-state index in [4.69, 9.17) is 0 Å². The summed E-state index contributed by atoms with van der Waals surface area (Å²) in [6.45, 7) is 7.81. The quantitative estimate of drug-likeness (QED) is 0.716. The van der Waals surface area contributed by atoms with Crippen LogP contribution >= 0.6 is 0 Å². The highest BCUT2D eigenvalue weighted by atomic mass is 32.2. The molecule has 1 aromatic rings. The van der Waals surface area contributed by atoms with Gasteiger partial charge in [-0.05, 0) is 13.3 Å². The molecule has 0 spiro atoms. The highest BCUT2D eigenvalue weighted by Gasteiger charge is 2.07. The Bertz CT molecular complexity index is 423. The standard InChI is InChI=1S/C13H24N4OS/c1-5-14-11-9-12(15-7-6-8-19(4)18)17-13(16-11)10(2)3/h9-10H,5-8H2,1-4H3,(H2,14,15,16,17). The van der Waals surface area contributed by atoms with Gasteiger partial charge in [0, 0.05) is 47.9 Å². The van der Waals surface area contributed by atoms with Crippen LogP contribution in [0.3, 0.4) is 0 Å². The second-order valence-corrected chi connectivity index (χ2v) is 6.29. The summed E-state index contributed by atoms with van der Waals surface area (Å²) in [5.74, 6) is 3.52. The fraction of sp³-hybridized carbons (Fsp3) is 0.692. The van der Waals surface area contributed by atoms with Gasteiger partial charge in [-0.15, -0.1) is 0 Å². The van der Waals surface area contributed by atoms with Crippen LogP contribution in [0.15, 0.2) is 6.07 Å². The van der Waals surface area contributed by atoms with Gasteiger partial charge in [-0.1, -0.05) is 13.8 Å². The van der Waals surface area contributed by atoms with E-state index in [1.165, 1.54) is 0 Å². The van der Waals surface area contributed by atoms with Crippen LogP contribution in [0.2, 0.25) is 0 Å². The van der Waals surface area contributed by atoms with Gasteiger partial charge >= 0.3 is 0 Å². The summed E-state index contributed by atoms with van der Waals surface area (Å²) in [5, 5.41) is 6.48. The molecule has 0 aliphatic carbocycles. The van der Waals surface area contributed by atoms with E-state index in [-0.39, 0.29) is 0 Å². The first kappa shape index (κ1) is 15.9. The van der Waals surface area contributed by atoms with Crippen LogP contribution in [0.25, 0.3) is 0 Å². The Morgan fingerprint density at radius 3 is 2.42 bits per heavy atom. The number of anilines is 2. The van der Waals surface area contributed by atoms with Crippen LogP contribution in [0.1, 0.15) is 38.9 Å². The maximum Gasteiger partial charge on any atom is 0.135 e. The van der Waals surface area contributed by atoms with Gasteiger partial charge in [0.25, 0.3) is 0 Å². The van der Waals surface area contributed by atoms with E-state index in [0.717, 1.165) is 42.7 Å². The Balaban J connectivity index is 2.67. The number of hydrogen-bond acceptors (Lipinski definition) is 5. The molecule has 0 amide bonds. The van der Waals surface area contributed by atoms with Crippen molar-refractivity contribution < 1.29 is 4.21 Å². The Hall–Kier alpha value is -1.17. The Morgan fingerprint density at radius 2 is 1.89 bits per heavy atom. The zero-order valence-corrected chi connectivity index (χ0v) is 13.0. The van der Waals surface area contributed by atoms with Crippen LogP contribution < -0.4 is 10.6 Å². The van der Waals surface area contributed by atoms with E-state index in [1.54, 1.807) is 6.26 Å². The molecule has 0 aromatic carbocycles. The molecule has 0 bridgehead atoms. The van der Waals surface area contributed by atoms with E-state index in [9.17, 15) is 4.21 Å². The average molecular weight is 284 g/mol. The third-order valence-corrected chi connectivity index (χ3v) is 3.40. The van der Waals surface area contributed by atoms with Crippen molar-refractivity contribution in [2.24, 2.45) is 0 Å². The van der Waals surface area contributed by atoms with Crippen LogP contribution in [0.4, 0.5) is 11.6 Å². The van der Waals surface area contributed by atoms with Gasteiger partial charge < -0.3 is 10.6 Å². The van der Waals surface area contributed by atoms with Crippen LogP contribution in [0, 0.1) is 0 Å². The lowest BCUT2D eigenvalue weighted by Gasteiger charge is -2.12. The highest BCUT2D eigenvalue weighted by molar-refractivity contribution is 7.84. The van der Waals surface area contributed by atoms with Crippen LogP contribution in [0.5, 0.6) is 0 Å². The van der Waals surface area contributed by atoms with E-state index in [1.807, 2.05) is 13.0 Å². The summed E-state index contributed by atoms with van der Waals surface area (Å²) >= 11 is 0. The van der Waals surface area contributed by atoms with Gasteiger partial charge in [0.15, 0.2) is 0 Å². The van der Waals surface area contributed by atoms with E-state index < -0.39 is 10.8 Å². The minimum atomic E-state index is -0.728. The monoisotopic (exact) mass is 284 g/mol. The van der Waals surface area contributed by atoms with E-state index in [2.05, 4.69) is 34.4 Å². The molecule has 2 N–H and O–H groups in total. The van der Waals surface area contributed by atoms with Gasteiger partial charge in [-0.3, -0.25) is 4.21 Å². The maximum absolute atomic E-state index is 11.0. The van der Waals surface area contributed by atoms with Gasteiger partial charge in [0.05, 0.1) is 0 Å². The van der Waals surface area contributed by atoms with Crippen LogP contribution in [-0.4, -0.2) is 39.3 Å².